The van der Waals surface area contributed by atoms with E-state index in [0.29, 0.717) is 55.3 Å². The van der Waals surface area contributed by atoms with Gasteiger partial charge in [0.05, 0.1) is 24.3 Å². The molecule has 0 unspecified atom stereocenters. The number of hydrogen-bond donors (Lipinski definition) is 1. The lowest BCUT2D eigenvalue weighted by atomic mass is 9.99. The Hall–Kier alpha value is -2.19. The van der Waals surface area contributed by atoms with Gasteiger partial charge in [-0.25, -0.2) is 0 Å². The van der Waals surface area contributed by atoms with E-state index >= 15 is 0 Å². The number of carbonyl (C=O) groups is 1. The molecule has 0 bridgehead atoms. The number of ketones is 1. The predicted octanol–water partition coefficient (Wildman–Crippen LogP) is 3.47. The van der Waals surface area contributed by atoms with Crippen molar-refractivity contribution in [3.8, 4) is 11.5 Å². The van der Waals surface area contributed by atoms with Gasteiger partial charge < -0.3 is 19.3 Å². The maximum absolute atomic E-state index is 12.9. The molecule has 1 N–H and O–H groups in total. The number of aryl methyl sites for hydroxylation is 1. The van der Waals surface area contributed by atoms with Crippen LogP contribution in [0.15, 0.2) is 29.3 Å². The molecule has 0 saturated carbocycles. The monoisotopic (exact) mass is 403 g/mol. The minimum Gasteiger partial charge on any atom is -0.507 e. The molecule has 0 atom stereocenters. The molecule has 1 aliphatic rings. The van der Waals surface area contributed by atoms with Crippen LogP contribution in [-0.4, -0.2) is 56.3 Å². The van der Waals surface area contributed by atoms with Gasteiger partial charge in [-0.15, -0.1) is 11.3 Å². The van der Waals surface area contributed by atoms with Gasteiger partial charge in [0.25, 0.3) is 0 Å². The molecule has 1 aromatic heterocycles. The minimum atomic E-state index is -0.150. The lowest BCUT2D eigenvalue weighted by Gasteiger charge is -2.23. The SMILES string of the molecule is COCCN(CCOC)Cc1c(O)cc(C)c2c1O/C(=C/c1cccs1)C2=O. The van der Waals surface area contributed by atoms with Crippen LogP contribution in [0.2, 0.25) is 0 Å². The number of phenols is 1. The summed E-state index contributed by atoms with van der Waals surface area (Å²) in [6, 6.07) is 5.49. The first-order valence-electron chi connectivity index (χ1n) is 9.08. The maximum Gasteiger partial charge on any atom is 0.232 e. The minimum absolute atomic E-state index is 0.126. The van der Waals surface area contributed by atoms with Crippen molar-refractivity contribution in [2.75, 3.05) is 40.5 Å². The molecular weight excluding hydrogens is 378 g/mol. The number of rotatable bonds is 9. The van der Waals surface area contributed by atoms with Gasteiger partial charge >= 0.3 is 0 Å². The molecule has 1 aliphatic heterocycles. The number of fused-ring (bicyclic) bond motifs is 1. The van der Waals surface area contributed by atoms with E-state index in [-0.39, 0.29) is 17.3 Å². The van der Waals surface area contributed by atoms with E-state index in [1.54, 1.807) is 26.4 Å². The summed E-state index contributed by atoms with van der Waals surface area (Å²) >= 11 is 1.54. The lowest BCUT2D eigenvalue weighted by Crippen LogP contribution is -2.30. The number of allylic oxidation sites excluding steroid dienone is 1. The van der Waals surface area contributed by atoms with E-state index in [1.165, 1.54) is 11.3 Å². The van der Waals surface area contributed by atoms with Gasteiger partial charge in [-0.1, -0.05) is 6.07 Å². The highest BCUT2D eigenvalue weighted by Crippen LogP contribution is 2.42. The van der Waals surface area contributed by atoms with Crippen molar-refractivity contribution in [3.63, 3.8) is 0 Å². The van der Waals surface area contributed by atoms with E-state index in [0.717, 1.165) is 4.88 Å². The Morgan fingerprint density at radius 2 is 1.96 bits per heavy atom. The van der Waals surface area contributed by atoms with Gasteiger partial charge in [0.15, 0.2) is 5.76 Å². The van der Waals surface area contributed by atoms with E-state index in [2.05, 4.69) is 4.90 Å². The molecule has 3 rings (SSSR count). The second kappa shape index (κ2) is 9.34. The van der Waals surface area contributed by atoms with Crippen molar-refractivity contribution in [2.24, 2.45) is 0 Å². The van der Waals surface area contributed by atoms with Crippen LogP contribution in [0.4, 0.5) is 0 Å². The summed E-state index contributed by atoms with van der Waals surface area (Å²) in [5.41, 5.74) is 1.83. The molecule has 0 radical (unpaired) electrons. The number of methoxy groups -OCH3 is 2. The number of hydrogen-bond acceptors (Lipinski definition) is 7. The van der Waals surface area contributed by atoms with Gasteiger partial charge in [0, 0.05) is 44.8 Å². The summed E-state index contributed by atoms with van der Waals surface area (Å²) < 4.78 is 16.3. The van der Waals surface area contributed by atoms with Crippen molar-refractivity contribution in [1.82, 2.24) is 4.90 Å². The number of aromatic hydroxyl groups is 1. The summed E-state index contributed by atoms with van der Waals surface area (Å²) in [7, 11) is 3.30. The van der Waals surface area contributed by atoms with Crippen molar-refractivity contribution in [1.29, 1.82) is 0 Å². The Labute approximate surface area is 169 Å². The smallest absolute Gasteiger partial charge is 0.232 e. The topological polar surface area (TPSA) is 68.2 Å². The number of benzene rings is 1. The van der Waals surface area contributed by atoms with Crippen LogP contribution in [0.5, 0.6) is 11.5 Å². The molecule has 0 aliphatic carbocycles. The molecule has 0 fully saturated rings. The number of ether oxygens (including phenoxy) is 3. The van der Waals surface area contributed by atoms with Gasteiger partial charge in [0.2, 0.25) is 5.78 Å². The number of phenolic OH excluding ortho intramolecular Hbond substituents is 1. The Kier molecular flexibility index (Phi) is 6.85. The zero-order valence-corrected chi connectivity index (χ0v) is 17.2. The average molecular weight is 404 g/mol. The van der Waals surface area contributed by atoms with Crippen LogP contribution in [0.1, 0.15) is 26.4 Å². The Morgan fingerprint density at radius 1 is 1.25 bits per heavy atom. The highest BCUT2D eigenvalue weighted by Gasteiger charge is 2.33. The zero-order valence-electron chi connectivity index (χ0n) is 16.4. The summed E-state index contributed by atoms with van der Waals surface area (Å²) in [6.07, 6.45) is 1.75. The lowest BCUT2D eigenvalue weighted by molar-refractivity contribution is 0.101. The van der Waals surface area contributed by atoms with E-state index in [4.69, 9.17) is 14.2 Å². The first-order chi connectivity index (χ1) is 13.5. The zero-order chi connectivity index (χ0) is 20.1. The standard InChI is InChI=1S/C21H25NO5S/c1-14-11-17(23)16(13-22(6-8-25-2)7-9-26-3)21-19(14)20(24)18(27-21)12-15-5-4-10-28-15/h4-5,10-12,23H,6-9,13H2,1-3H3/b18-12+. The molecule has 28 heavy (non-hydrogen) atoms. The highest BCUT2D eigenvalue weighted by atomic mass is 32.1. The van der Waals surface area contributed by atoms with Crippen molar-refractivity contribution < 1.29 is 24.1 Å². The first-order valence-corrected chi connectivity index (χ1v) is 9.96. The van der Waals surface area contributed by atoms with Crippen molar-refractivity contribution >= 4 is 23.2 Å². The largest absolute Gasteiger partial charge is 0.507 e. The molecular formula is C21H25NO5S. The third kappa shape index (κ3) is 4.44. The number of nitrogens with zero attached hydrogens (tertiary/aromatic N) is 1. The Morgan fingerprint density at radius 3 is 2.57 bits per heavy atom. The second-order valence-corrected chi connectivity index (χ2v) is 7.59. The molecule has 0 saturated heterocycles. The number of Topliss-reactive ketones (excluding diaryl/α,β-unsaturated/α-hetero) is 1. The molecule has 1 aromatic carbocycles. The third-order valence-electron chi connectivity index (χ3n) is 4.64. The van der Waals surface area contributed by atoms with Crippen LogP contribution >= 0.6 is 11.3 Å². The van der Waals surface area contributed by atoms with Gasteiger partial charge in [-0.05, 0) is 30.0 Å². The molecule has 2 aromatic rings. The quantitative estimate of drug-likeness (QED) is 0.647. The fourth-order valence-corrected chi connectivity index (χ4v) is 3.82. The normalized spacial score (nSPS) is 14.7. The van der Waals surface area contributed by atoms with Gasteiger partial charge in [-0.3, -0.25) is 9.69 Å². The number of carbonyl (C=O) groups excluding carboxylic acids is 1. The molecule has 0 spiro atoms. The van der Waals surface area contributed by atoms with E-state index < -0.39 is 0 Å². The maximum atomic E-state index is 12.9. The molecule has 7 heteroatoms. The second-order valence-electron chi connectivity index (χ2n) is 6.61. The first kappa shape index (κ1) is 20.5. The summed E-state index contributed by atoms with van der Waals surface area (Å²) in [5, 5.41) is 12.5. The predicted molar refractivity (Wildman–Crippen MR) is 109 cm³/mol. The van der Waals surface area contributed by atoms with Gasteiger partial charge in [0.1, 0.15) is 11.5 Å². The summed E-state index contributed by atoms with van der Waals surface area (Å²) in [5.74, 6) is 0.710. The highest BCUT2D eigenvalue weighted by molar-refractivity contribution is 7.10. The average Bonchev–Trinajstić information content (AvgIpc) is 3.29. The summed E-state index contributed by atoms with van der Waals surface area (Å²) in [6.45, 7) is 4.71. The van der Waals surface area contributed by atoms with E-state index in [1.807, 2.05) is 24.4 Å². The third-order valence-corrected chi connectivity index (χ3v) is 5.46. The van der Waals surface area contributed by atoms with Crippen LogP contribution in [-0.2, 0) is 16.0 Å². The van der Waals surface area contributed by atoms with Crippen LogP contribution in [0, 0.1) is 6.92 Å². The Balaban J connectivity index is 1.93. The Bertz CT molecular complexity index is 852. The number of thiophene rings is 1. The van der Waals surface area contributed by atoms with Crippen molar-refractivity contribution in [3.05, 3.63) is 50.9 Å². The molecule has 150 valence electrons. The van der Waals surface area contributed by atoms with Crippen LogP contribution in [0.25, 0.3) is 6.08 Å². The fourth-order valence-electron chi connectivity index (χ4n) is 3.17. The molecule has 6 nitrogen and oxygen atoms in total. The summed E-state index contributed by atoms with van der Waals surface area (Å²) in [4.78, 5) is 16.0. The van der Waals surface area contributed by atoms with E-state index in [9.17, 15) is 9.90 Å². The van der Waals surface area contributed by atoms with Crippen LogP contribution < -0.4 is 4.74 Å². The van der Waals surface area contributed by atoms with Crippen molar-refractivity contribution in [2.45, 2.75) is 13.5 Å². The van der Waals surface area contributed by atoms with Crippen LogP contribution in [0.3, 0.4) is 0 Å². The molecule has 0 amide bonds. The fraction of sp³-hybridized carbons (Fsp3) is 0.381. The van der Waals surface area contributed by atoms with Gasteiger partial charge in [-0.2, -0.15) is 0 Å². The molecule has 2 heterocycles.